The number of rotatable bonds is 1. The van der Waals surface area contributed by atoms with Crippen molar-refractivity contribution in [1.82, 2.24) is 15.2 Å². The third-order valence-corrected chi connectivity index (χ3v) is 4.78. The second kappa shape index (κ2) is 4.91. The topological polar surface area (TPSA) is 65.5 Å². The van der Waals surface area contributed by atoms with E-state index < -0.39 is 6.10 Å². The number of nitrogens with one attached hydrogen (secondary N) is 1. The zero-order valence-corrected chi connectivity index (χ0v) is 12.8. The highest BCUT2D eigenvalue weighted by atomic mass is 35.5. The van der Waals surface area contributed by atoms with E-state index in [0.717, 1.165) is 22.0 Å². The summed E-state index contributed by atoms with van der Waals surface area (Å²) in [5, 5.41) is 14.2. The molecule has 1 aromatic heterocycles. The Kier molecular flexibility index (Phi) is 3.11. The number of pyridine rings is 1. The van der Waals surface area contributed by atoms with Crippen LogP contribution in [0.1, 0.15) is 23.7 Å². The maximum Gasteiger partial charge on any atom is 0.239 e. The van der Waals surface area contributed by atoms with Crippen molar-refractivity contribution in [3.8, 4) is 0 Å². The first-order valence-electron chi connectivity index (χ1n) is 7.34. The Morgan fingerprint density at radius 1 is 1.41 bits per heavy atom. The van der Waals surface area contributed by atoms with Crippen LogP contribution in [0.15, 0.2) is 24.3 Å². The van der Waals surface area contributed by atoms with E-state index in [0.29, 0.717) is 18.1 Å². The number of nitrogens with zero attached hydrogens (tertiary/aromatic N) is 2. The van der Waals surface area contributed by atoms with Crippen LogP contribution in [0.2, 0.25) is 5.15 Å². The first-order chi connectivity index (χ1) is 10.5. The fourth-order valence-electron chi connectivity index (χ4n) is 3.43. The Labute approximate surface area is 132 Å². The predicted octanol–water partition coefficient (Wildman–Crippen LogP) is 1.76. The summed E-state index contributed by atoms with van der Waals surface area (Å²) in [6, 6.07) is 7.69. The summed E-state index contributed by atoms with van der Waals surface area (Å²) in [5.41, 5.74) is 2.76. The van der Waals surface area contributed by atoms with Crippen molar-refractivity contribution < 1.29 is 9.90 Å². The second-order valence-corrected chi connectivity index (χ2v) is 6.44. The van der Waals surface area contributed by atoms with Crippen LogP contribution in [0.4, 0.5) is 0 Å². The standard InChI is InChI=1S/C16H16ClN3O2/c1-8-2-3-12-9(4-8)5-11(14(17)18-12)15-19-16(22)13-6-10(21)7-20(13)15/h2-5,10,13,15,21H,6-7H2,1H3,(H,19,22)/t10-,13-,15+/m0/s1. The van der Waals surface area contributed by atoms with E-state index in [1.165, 1.54) is 0 Å². The van der Waals surface area contributed by atoms with E-state index in [9.17, 15) is 9.90 Å². The minimum atomic E-state index is -0.465. The van der Waals surface area contributed by atoms with Gasteiger partial charge in [-0.15, -0.1) is 0 Å². The molecule has 22 heavy (non-hydrogen) atoms. The summed E-state index contributed by atoms with van der Waals surface area (Å²) in [5.74, 6) is -0.0537. The van der Waals surface area contributed by atoms with Crippen molar-refractivity contribution in [2.24, 2.45) is 0 Å². The van der Waals surface area contributed by atoms with E-state index in [-0.39, 0.29) is 18.1 Å². The highest BCUT2D eigenvalue weighted by Gasteiger charge is 2.47. The van der Waals surface area contributed by atoms with E-state index >= 15 is 0 Å². The van der Waals surface area contributed by atoms with Gasteiger partial charge in [0.05, 0.1) is 17.7 Å². The van der Waals surface area contributed by atoms with Crippen molar-refractivity contribution in [1.29, 1.82) is 0 Å². The maximum atomic E-state index is 12.1. The molecule has 2 saturated heterocycles. The SMILES string of the molecule is Cc1ccc2nc(Cl)c([C@@H]3NC(=O)[C@@H]4C[C@H](O)CN43)cc2c1. The first-order valence-corrected chi connectivity index (χ1v) is 7.72. The van der Waals surface area contributed by atoms with Crippen molar-refractivity contribution in [3.63, 3.8) is 0 Å². The van der Waals surface area contributed by atoms with Crippen molar-refractivity contribution in [2.75, 3.05) is 6.54 Å². The molecule has 3 heterocycles. The van der Waals surface area contributed by atoms with E-state index in [1.807, 2.05) is 30.0 Å². The molecule has 4 rings (SSSR count). The number of hydrogen-bond donors (Lipinski definition) is 2. The Morgan fingerprint density at radius 3 is 3.05 bits per heavy atom. The number of carbonyl (C=O) groups is 1. The molecule has 2 aliphatic rings. The first kappa shape index (κ1) is 13.9. The van der Waals surface area contributed by atoms with Gasteiger partial charge in [-0.2, -0.15) is 0 Å². The van der Waals surface area contributed by atoms with Gasteiger partial charge in [-0.25, -0.2) is 4.98 Å². The smallest absolute Gasteiger partial charge is 0.239 e. The number of aryl methyl sites for hydroxylation is 1. The summed E-state index contributed by atoms with van der Waals surface area (Å²) >= 11 is 6.35. The lowest BCUT2D eigenvalue weighted by atomic mass is 10.1. The molecule has 0 bridgehead atoms. The number of halogens is 1. The van der Waals surface area contributed by atoms with E-state index in [1.54, 1.807) is 0 Å². The molecule has 0 spiro atoms. The molecule has 5 nitrogen and oxygen atoms in total. The van der Waals surface area contributed by atoms with Gasteiger partial charge in [0, 0.05) is 17.5 Å². The Morgan fingerprint density at radius 2 is 2.23 bits per heavy atom. The molecule has 3 atom stereocenters. The highest BCUT2D eigenvalue weighted by Crippen LogP contribution is 2.36. The average molecular weight is 318 g/mol. The maximum absolute atomic E-state index is 12.1. The molecule has 0 aliphatic carbocycles. The quantitative estimate of drug-likeness (QED) is 0.787. The van der Waals surface area contributed by atoms with Gasteiger partial charge in [0.25, 0.3) is 0 Å². The van der Waals surface area contributed by atoms with Crippen molar-refractivity contribution in [3.05, 3.63) is 40.5 Å². The Hall–Kier alpha value is -1.69. The van der Waals surface area contributed by atoms with E-state index in [2.05, 4.69) is 16.4 Å². The van der Waals surface area contributed by atoms with Crippen LogP contribution in [-0.4, -0.2) is 39.6 Å². The molecule has 2 fully saturated rings. The van der Waals surface area contributed by atoms with Crippen molar-refractivity contribution in [2.45, 2.75) is 31.7 Å². The Balaban J connectivity index is 1.80. The number of fused-ring (bicyclic) bond motifs is 2. The summed E-state index contributed by atoms with van der Waals surface area (Å²) in [6.45, 7) is 2.49. The van der Waals surface area contributed by atoms with Gasteiger partial charge in [-0.1, -0.05) is 23.2 Å². The molecule has 2 aromatic rings. The molecule has 1 amide bonds. The predicted molar refractivity (Wildman–Crippen MR) is 83.5 cm³/mol. The van der Waals surface area contributed by atoms with E-state index in [4.69, 9.17) is 11.6 Å². The summed E-state index contributed by atoms with van der Waals surface area (Å²) in [6.07, 6.45) is -0.312. The molecule has 0 saturated carbocycles. The van der Waals surface area contributed by atoms with Crippen LogP contribution in [-0.2, 0) is 4.79 Å². The molecule has 2 N–H and O–H groups in total. The lowest BCUT2D eigenvalue weighted by Crippen LogP contribution is -2.30. The molecular formula is C16H16ClN3O2. The molecule has 0 radical (unpaired) electrons. The average Bonchev–Trinajstić information content (AvgIpc) is 2.98. The summed E-state index contributed by atoms with van der Waals surface area (Å²) in [7, 11) is 0. The number of aliphatic hydroxyl groups is 1. The number of carbonyl (C=O) groups excluding carboxylic acids is 1. The number of amides is 1. The lowest BCUT2D eigenvalue weighted by molar-refractivity contribution is -0.121. The molecule has 2 aliphatic heterocycles. The highest BCUT2D eigenvalue weighted by molar-refractivity contribution is 6.30. The lowest BCUT2D eigenvalue weighted by Gasteiger charge is -2.23. The normalized spacial score (nSPS) is 28.1. The number of benzene rings is 1. The summed E-state index contributed by atoms with van der Waals surface area (Å²) < 4.78 is 0. The summed E-state index contributed by atoms with van der Waals surface area (Å²) in [4.78, 5) is 18.5. The second-order valence-electron chi connectivity index (χ2n) is 6.08. The van der Waals surface area contributed by atoms with Crippen LogP contribution in [0.5, 0.6) is 0 Å². The zero-order chi connectivity index (χ0) is 15.4. The van der Waals surface area contributed by atoms with Gasteiger partial charge in [0.2, 0.25) is 5.91 Å². The zero-order valence-electron chi connectivity index (χ0n) is 12.1. The Bertz CT molecular complexity index is 779. The van der Waals surface area contributed by atoms with Gasteiger partial charge < -0.3 is 10.4 Å². The fourth-order valence-corrected chi connectivity index (χ4v) is 3.68. The van der Waals surface area contributed by atoms with Crippen LogP contribution in [0.25, 0.3) is 10.9 Å². The van der Waals surface area contributed by atoms with Gasteiger partial charge in [-0.05, 0) is 31.5 Å². The number of aliphatic hydroxyl groups excluding tert-OH is 1. The molecular weight excluding hydrogens is 302 g/mol. The van der Waals surface area contributed by atoms with Gasteiger partial charge in [0.15, 0.2) is 0 Å². The monoisotopic (exact) mass is 317 g/mol. The molecule has 114 valence electrons. The third-order valence-electron chi connectivity index (χ3n) is 4.48. The van der Waals surface area contributed by atoms with Crippen LogP contribution in [0, 0.1) is 6.92 Å². The molecule has 1 aromatic carbocycles. The number of hydrogen-bond acceptors (Lipinski definition) is 4. The van der Waals surface area contributed by atoms with Crippen molar-refractivity contribution >= 4 is 28.4 Å². The molecule has 6 heteroatoms. The van der Waals surface area contributed by atoms with Gasteiger partial charge >= 0.3 is 0 Å². The minimum Gasteiger partial charge on any atom is -0.392 e. The van der Waals surface area contributed by atoms with Gasteiger partial charge in [0.1, 0.15) is 11.3 Å². The molecule has 0 unspecified atom stereocenters. The largest absolute Gasteiger partial charge is 0.392 e. The van der Waals surface area contributed by atoms with Gasteiger partial charge in [-0.3, -0.25) is 9.69 Å². The number of aromatic nitrogens is 1. The third kappa shape index (κ3) is 2.08. The van der Waals surface area contributed by atoms with Crippen LogP contribution in [0.3, 0.4) is 0 Å². The van der Waals surface area contributed by atoms with Crippen LogP contribution < -0.4 is 5.32 Å². The minimum absolute atomic E-state index is 0.0537. The fraction of sp³-hybridized carbons (Fsp3) is 0.375. The van der Waals surface area contributed by atoms with Crippen LogP contribution >= 0.6 is 11.6 Å².